The lowest BCUT2D eigenvalue weighted by Gasteiger charge is -2.42. The molecule has 110 valence electrons. The lowest BCUT2D eigenvalue weighted by Crippen LogP contribution is -2.48. The Kier molecular flexibility index (Phi) is 5.86. The fraction of sp³-hybridized carbons (Fsp3) is 0.875. The van der Waals surface area contributed by atoms with E-state index in [4.69, 9.17) is 4.74 Å². The maximum absolute atomic E-state index is 5.23. The number of piperidine rings is 1. The number of nitrogens with zero attached hydrogens (tertiary/aromatic N) is 1. The largest absolute Gasteiger partial charge is 0.380 e. The Labute approximate surface area is 118 Å². The first-order valence-corrected chi connectivity index (χ1v) is 7.88. The van der Waals surface area contributed by atoms with E-state index in [0.29, 0.717) is 5.41 Å². The predicted molar refractivity (Wildman–Crippen MR) is 80.5 cm³/mol. The molecule has 1 N–H and O–H groups in total. The summed E-state index contributed by atoms with van der Waals surface area (Å²) in [6.07, 6.45) is 8.98. The van der Waals surface area contributed by atoms with Crippen LogP contribution in [0.1, 0.15) is 39.0 Å². The third-order valence-electron chi connectivity index (χ3n) is 4.62. The highest BCUT2D eigenvalue weighted by Crippen LogP contribution is 2.33. The van der Waals surface area contributed by atoms with Crippen LogP contribution in [0.4, 0.5) is 0 Å². The van der Waals surface area contributed by atoms with Gasteiger partial charge in [-0.25, -0.2) is 0 Å². The topological polar surface area (TPSA) is 24.5 Å². The minimum atomic E-state index is 0.527. The van der Waals surface area contributed by atoms with E-state index in [-0.39, 0.29) is 0 Å². The van der Waals surface area contributed by atoms with Crippen molar-refractivity contribution < 1.29 is 4.74 Å². The Morgan fingerprint density at radius 2 is 2.37 bits per heavy atom. The van der Waals surface area contributed by atoms with Gasteiger partial charge in [0.05, 0.1) is 6.61 Å². The highest BCUT2D eigenvalue weighted by atomic mass is 16.5. The monoisotopic (exact) mass is 266 g/mol. The van der Waals surface area contributed by atoms with Gasteiger partial charge >= 0.3 is 0 Å². The molecular weight excluding hydrogens is 236 g/mol. The Hall–Kier alpha value is -0.380. The van der Waals surface area contributed by atoms with Crippen LogP contribution < -0.4 is 5.32 Å². The quantitative estimate of drug-likeness (QED) is 0.747. The first kappa shape index (κ1) is 15.0. The first-order valence-electron chi connectivity index (χ1n) is 7.88. The van der Waals surface area contributed by atoms with Crippen LogP contribution in [-0.4, -0.2) is 51.3 Å². The van der Waals surface area contributed by atoms with Crippen LogP contribution in [0.15, 0.2) is 11.6 Å². The average Bonchev–Trinajstić information content (AvgIpc) is 2.43. The van der Waals surface area contributed by atoms with Crippen molar-refractivity contribution in [1.29, 1.82) is 0 Å². The molecule has 0 radical (unpaired) electrons. The van der Waals surface area contributed by atoms with Crippen molar-refractivity contribution in [1.82, 2.24) is 10.2 Å². The molecule has 19 heavy (non-hydrogen) atoms. The van der Waals surface area contributed by atoms with Gasteiger partial charge in [0.25, 0.3) is 0 Å². The molecule has 2 aliphatic heterocycles. The van der Waals surface area contributed by atoms with Gasteiger partial charge in [-0.15, -0.1) is 0 Å². The summed E-state index contributed by atoms with van der Waals surface area (Å²) in [5.74, 6) is 0. The van der Waals surface area contributed by atoms with E-state index in [9.17, 15) is 0 Å². The van der Waals surface area contributed by atoms with Gasteiger partial charge in [-0.2, -0.15) is 0 Å². The number of hydrogen-bond acceptors (Lipinski definition) is 3. The molecule has 0 amide bonds. The van der Waals surface area contributed by atoms with Crippen LogP contribution in [-0.2, 0) is 4.74 Å². The molecule has 0 saturated carbocycles. The van der Waals surface area contributed by atoms with Crippen molar-refractivity contribution >= 4 is 0 Å². The minimum Gasteiger partial charge on any atom is -0.380 e. The van der Waals surface area contributed by atoms with Gasteiger partial charge in [0, 0.05) is 33.3 Å². The Bertz CT molecular complexity index is 290. The van der Waals surface area contributed by atoms with Crippen LogP contribution in [0, 0.1) is 5.41 Å². The Morgan fingerprint density at radius 1 is 1.47 bits per heavy atom. The second-order valence-corrected chi connectivity index (χ2v) is 6.31. The maximum atomic E-state index is 5.23. The molecule has 1 fully saturated rings. The molecule has 0 aromatic heterocycles. The number of nitrogens with one attached hydrogen (secondary N) is 1. The fourth-order valence-corrected chi connectivity index (χ4v) is 3.68. The Morgan fingerprint density at radius 3 is 2.95 bits per heavy atom. The summed E-state index contributed by atoms with van der Waals surface area (Å²) < 4.78 is 5.23. The summed E-state index contributed by atoms with van der Waals surface area (Å²) in [4.78, 5) is 2.64. The first-order chi connectivity index (χ1) is 9.28. The number of methoxy groups -OCH3 is 1. The molecule has 2 heterocycles. The molecule has 3 nitrogen and oxygen atoms in total. The second kappa shape index (κ2) is 7.41. The maximum Gasteiger partial charge on any atom is 0.0673 e. The normalized spacial score (nSPS) is 29.3. The lowest BCUT2D eigenvalue weighted by atomic mass is 9.76. The number of ether oxygens (including phenoxy) is 1. The standard InChI is InChI=1S/C16H30N2O/c1-3-7-16(8-4-9-17-13-16)14-18-10-5-15(6-11-18)12-19-2/h5,17H,3-4,6-14H2,1-2H3. The summed E-state index contributed by atoms with van der Waals surface area (Å²) in [7, 11) is 1.79. The molecule has 0 aliphatic carbocycles. The van der Waals surface area contributed by atoms with Crippen molar-refractivity contribution in [3.63, 3.8) is 0 Å². The van der Waals surface area contributed by atoms with Gasteiger partial charge in [0.15, 0.2) is 0 Å². The Balaban J connectivity index is 1.88. The summed E-state index contributed by atoms with van der Waals surface area (Å²) >= 11 is 0. The lowest BCUT2D eigenvalue weighted by molar-refractivity contribution is 0.109. The third-order valence-corrected chi connectivity index (χ3v) is 4.62. The molecule has 2 aliphatic rings. The van der Waals surface area contributed by atoms with E-state index in [0.717, 1.165) is 13.2 Å². The average molecular weight is 266 g/mol. The predicted octanol–water partition coefficient (Wildman–Crippen LogP) is 2.43. The van der Waals surface area contributed by atoms with E-state index in [2.05, 4.69) is 23.2 Å². The second-order valence-electron chi connectivity index (χ2n) is 6.31. The SMILES string of the molecule is CCCC1(CN2CC=C(COC)CC2)CCCNC1. The number of rotatable bonds is 6. The van der Waals surface area contributed by atoms with E-state index in [1.54, 1.807) is 7.11 Å². The van der Waals surface area contributed by atoms with Crippen molar-refractivity contribution in [2.45, 2.75) is 39.0 Å². The van der Waals surface area contributed by atoms with Gasteiger partial charge in [-0.3, -0.25) is 4.90 Å². The highest BCUT2D eigenvalue weighted by Gasteiger charge is 2.33. The summed E-state index contributed by atoms with van der Waals surface area (Å²) in [6.45, 7) is 9.16. The van der Waals surface area contributed by atoms with Crippen molar-refractivity contribution in [3.05, 3.63) is 11.6 Å². The zero-order chi connectivity index (χ0) is 13.6. The molecule has 0 bridgehead atoms. The fourth-order valence-electron chi connectivity index (χ4n) is 3.68. The molecule has 0 spiro atoms. The molecule has 1 unspecified atom stereocenters. The van der Waals surface area contributed by atoms with Crippen molar-refractivity contribution in [2.24, 2.45) is 5.41 Å². The molecular formula is C16H30N2O. The molecule has 1 saturated heterocycles. The molecule has 2 rings (SSSR count). The molecule has 0 aromatic carbocycles. The van der Waals surface area contributed by atoms with Gasteiger partial charge in [0.2, 0.25) is 0 Å². The van der Waals surface area contributed by atoms with Gasteiger partial charge < -0.3 is 10.1 Å². The van der Waals surface area contributed by atoms with Crippen molar-refractivity contribution in [2.75, 3.05) is 46.4 Å². The summed E-state index contributed by atoms with van der Waals surface area (Å²) in [5.41, 5.74) is 2.00. The molecule has 0 aromatic rings. The van der Waals surface area contributed by atoms with Crippen LogP contribution in [0.25, 0.3) is 0 Å². The van der Waals surface area contributed by atoms with Crippen LogP contribution >= 0.6 is 0 Å². The third kappa shape index (κ3) is 4.30. The van der Waals surface area contributed by atoms with Gasteiger partial charge in [-0.1, -0.05) is 19.4 Å². The number of hydrogen-bond donors (Lipinski definition) is 1. The smallest absolute Gasteiger partial charge is 0.0673 e. The molecule has 1 atom stereocenters. The minimum absolute atomic E-state index is 0.527. The highest BCUT2D eigenvalue weighted by molar-refractivity contribution is 5.08. The van der Waals surface area contributed by atoms with Crippen LogP contribution in [0.3, 0.4) is 0 Å². The van der Waals surface area contributed by atoms with E-state index >= 15 is 0 Å². The summed E-state index contributed by atoms with van der Waals surface area (Å²) in [5, 5.41) is 3.62. The zero-order valence-electron chi connectivity index (χ0n) is 12.7. The van der Waals surface area contributed by atoms with Crippen LogP contribution in [0.2, 0.25) is 0 Å². The molecule has 3 heteroatoms. The van der Waals surface area contributed by atoms with E-state index in [1.807, 2.05) is 0 Å². The van der Waals surface area contributed by atoms with E-state index < -0.39 is 0 Å². The van der Waals surface area contributed by atoms with Crippen LogP contribution in [0.5, 0.6) is 0 Å². The zero-order valence-corrected chi connectivity index (χ0v) is 12.7. The van der Waals surface area contributed by atoms with Gasteiger partial charge in [0.1, 0.15) is 0 Å². The van der Waals surface area contributed by atoms with Crippen molar-refractivity contribution in [3.8, 4) is 0 Å². The van der Waals surface area contributed by atoms with Gasteiger partial charge in [-0.05, 0) is 43.2 Å². The van der Waals surface area contributed by atoms with E-state index in [1.165, 1.54) is 63.9 Å². The summed E-state index contributed by atoms with van der Waals surface area (Å²) in [6, 6.07) is 0.